The Balaban J connectivity index is 2.42. The molecule has 0 atom stereocenters. The summed E-state index contributed by atoms with van der Waals surface area (Å²) < 4.78 is 0. The predicted molar refractivity (Wildman–Crippen MR) is 83.2 cm³/mol. The van der Waals surface area contributed by atoms with Gasteiger partial charge in [0, 0.05) is 6.54 Å². The lowest BCUT2D eigenvalue weighted by Gasteiger charge is -2.38. The molecule has 5 nitrogen and oxygen atoms in total. The number of carbonyl (C=O) groups excluding carboxylic acids is 1. The molecule has 0 saturated heterocycles. The van der Waals surface area contributed by atoms with Gasteiger partial charge in [0.1, 0.15) is 0 Å². The molecule has 21 heavy (non-hydrogen) atoms. The van der Waals surface area contributed by atoms with Crippen molar-refractivity contribution in [3.63, 3.8) is 0 Å². The zero-order valence-electron chi connectivity index (χ0n) is 13.6. The number of carboxylic acid groups (broad SMARTS) is 1. The fourth-order valence-corrected chi connectivity index (χ4v) is 2.22. The second-order valence-electron chi connectivity index (χ2n) is 6.79. The highest BCUT2D eigenvalue weighted by Gasteiger charge is 2.44. The van der Waals surface area contributed by atoms with Gasteiger partial charge in [-0.3, -0.25) is 4.79 Å². The number of rotatable bonds is 6. The Bertz CT molecular complexity index is 425. The maximum absolute atomic E-state index is 11.9. The fraction of sp³-hybridized carbons (Fsp3) is 0.750. The summed E-state index contributed by atoms with van der Waals surface area (Å²) in [6, 6.07) is -0.314. The topological polar surface area (TPSA) is 78.4 Å². The number of hydrogen-bond donors (Lipinski definition) is 3. The first-order valence-corrected chi connectivity index (χ1v) is 7.64. The van der Waals surface area contributed by atoms with Crippen LogP contribution in [0.4, 0.5) is 4.79 Å². The lowest BCUT2D eigenvalue weighted by atomic mass is 9.74. The molecule has 0 radical (unpaired) electrons. The minimum Gasteiger partial charge on any atom is -0.481 e. The molecule has 0 fully saturated rings. The smallest absolute Gasteiger partial charge is 0.315 e. The molecule has 1 aliphatic rings. The third-order valence-corrected chi connectivity index (χ3v) is 4.64. The van der Waals surface area contributed by atoms with Gasteiger partial charge in [-0.1, -0.05) is 11.6 Å². The van der Waals surface area contributed by atoms with Crippen LogP contribution in [0.2, 0.25) is 0 Å². The third kappa shape index (κ3) is 4.76. The van der Waals surface area contributed by atoms with E-state index in [1.807, 2.05) is 0 Å². The van der Waals surface area contributed by atoms with E-state index in [1.54, 1.807) is 27.7 Å². The Morgan fingerprint density at radius 2 is 1.90 bits per heavy atom. The number of carboxylic acids is 1. The van der Waals surface area contributed by atoms with Gasteiger partial charge in [-0.05, 0) is 59.8 Å². The number of nitrogens with one attached hydrogen (secondary N) is 2. The van der Waals surface area contributed by atoms with Crippen LogP contribution in [0.15, 0.2) is 11.6 Å². The summed E-state index contributed by atoms with van der Waals surface area (Å²) in [4.78, 5) is 23.2. The Hall–Kier alpha value is -1.52. The summed E-state index contributed by atoms with van der Waals surface area (Å²) in [5, 5.41) is 14.8. The third-order valence-electron chi connectivity index (χ3n) is 4.64. The van der Waals surface area contributed by atoms with Crippen LogP contribution in [0.5, 0.6) is 0 Å². The lowest BCUT2D eigenvalue weighted by Crippen LogP contribution is -2.59. The van der Waals surface area contributed by atoms with Gasteiger partial charge in [0.05, 0.1) is 11.0 Å². The van der Waals surface area contributed by atoms with Crippen molar-refractivity contribution in [1.82, 2.24) is 10.6 Å². The summed E-state index contributed by atoms with van der Waals surface area (Å²) in [6.07, 6.45) is 7.90. The van der Waals surface area contributed by atoms with Crippen molar-refractivity contribution in [3.05, 3.63) is 11.6 Å². The van der Waals surface area contributed by atoms with Crippen LogP contribution in [0.3, 0.4) is 0 Å². The number of carbonyl (C=O) groups is 2. The molecule has 0 aliphatic heterocycles. The highest BCUT2D eigenvalue weighted by Crippen LogP contribution is 2.30. The number of amides is 2. The molecule has 1 rings (SSSR count). The van der Waals surface area contributed by atoms with E-state index in [0.717, 1.165) is 19.3 Å². The van der Waals surface area contributed by atoms with Gasteiger partial charge in [-0.2, -0.15) is 0 Å². The summed E-state index contributed by atoms with van der Waals surface area (Å²) in [7, 11) is 0. The van der Waals surface area contributed by atoms with Crippen LogP contribution >= 0.6 is 0 Å². The van der Waals surface area contributed by atoms with Crippen molar-refractivity contribution in [2.75, 3.05) is 6.54 Å². The second-order valence-corrected chi connectivity index (χ2v) is 6.79. The molecule has 0 bridgehead atoms. The molecule has 0 aromatic heterocycles. The predicted octanol–water partition coefficient (Wildman–Crippen LogP) is 3.07. The van der Waals surface area contributed by atoms with Crippen molar-refractivity contribution in [2.24, 2.45) is 5.41 Å². The quantitative estimate of drug-likeness (QED) is 0.659. The average Bonchev–Trinajstić information content (AvgIpc) is 2.38. The molecule has 0 spiro atoms. The normalized spacial score (nSPS) is 16.1. The van der Waals surface area contributed by atoms with Gasteiger partial charge in [0.15, 0.2) is 0 Å². The maximum atomic E-state index is 11.9. The van der Waals surface area contributed by atoms with Gasteiger partial charge < -0.3 is 15.7 Å². The molecule has 0 aromatic rings. The van der Waals surface area contributed by atoms with E-state index in [1.165, 1.54) is 18.4 Å². The molecule has 0 unspecified atom stereocenters. The molecule has 0 heterocycles. The van der Waals surface area contributed by atoms with Crippen molar-refractivity contribution in [1.29, 1.82) is 0 Å². The van der Waals surface area contributed by atoms with Crippen molar-refractivity contribution < 1.29 is 14.7 Å². The first kappa shape index (κ1) is 17.5. The highest BCUT2D eigenvalue weighted by atomic mass is 16.4. The number of allylic oxidation sites excluding steroid dienone is 1. The molecule has 1 aliphatic carbocycles. The molecule has 120 valence electrons. The van der Waals surface area contributed by atoms with Crippen molar-refractivity contribution in [3.8, 4) is 0 Å². The molecule has 3 N–H and O–H groups in total. The minimum atomic E-state index is -1.05. The van der Waals surface area contributed by atoms with E-state index in [0.29, 0.717) is 6.54 Å². The van der Waals surface area contributed by atoms with E-state index >= 15 is 0 Å². The second kappa shape index (κ2) is 6.96. The Kier molecular flexibility index (Phi) is 5.81. The monoisotopic (exact) mass is 296 g/mol. The van der Waals surface area contributed by atoms with Crippen LogP contribution in [0, 0.1) is 5.41 Å². The van der Waals surface area contributed by atoms with E-state index in [9.17, 15) is 14.7 Å². The number of hydrogen-bond acceptors (Lipinski definition) is 2. The van der Waals surface area contributed by atoms with Gasteiger partial charge in [0.25, 0.3) is 0 Å². The van der Waals surface area contributed by atoms with E-state index in [2.05, 4.69) is 16.7 Å². The van der Waals surface area contributed by atoms with Crippen LogP contribution in [0.25, 0.3) is 0 Å². The molecular formula is C16H28N2O3. The Morgan fingerprint density at radius 1 is 1.24 bits per heavy atom. The molecule has 5 heteroatoms. The summed E-state index contributed by atoms with van der Waals surface area (Å²) in [5.74, 6) is -0.930. The Labute approximate surface area is 127 Å². The summed E-state index contributed by atoms with van der Waals surface area (Å²) >= 11 is 0. The number of aliphatic carboxylic acids is 1. The summed E-state index contributed by atoms with van der Waals surface area (Å²) in [6.45, 7) is 7.26. The minimum absolute atomic E-state index is 0.314. The average molecular weight is 296 g/mol. The van der Waals surface area contributed by atoms with Crippen molar-refractivity contribution >= 4 is 12.0 Å². The van der Waals surface area contributed by atoms with E-state index in [-0.39, 0.29) is 6.03 Å². The van der Waals surface area contributed by atoms with Crippen LogP contribution in [0.1, 0.15) is 59.8 Å². The van der Waals surface area contributed by atoms with Gasteiger partial charge in [-0.25, -0.2) is 4.79 Å². The first-order chi connectivity index (χ1) is 9.67. The zero-order chi connectivity index (χ0) is 16.1. The van der Waals surface area contributed by atoms with Crippen molar-refractivity contribution in [2.45, 2.75) is 65.3 Å². The molecular weight excluding hydrogens is 268 g/mol. The lowest BCUT2D eigenvalue weighted by molar-refractivity contribution is -0.150. The summed E-state index contributed by atoms with van der Waals surface area (Å²) in [5.41, 5.74) is -0.477. The molecule has 0 aromatic carbocycles. The highest BCUT2D eigenvalue weighted by molar-refractivity contribution is 5.79. The first-order valence-electron chi connectivity index (χ1n) is 7.64. The van der Waals surface area contributed by atoms with Gasteiger partial charge in [0.2, 0.25) is 0 Å². The molecule has 0 saturated carbocycles. The Morgan fingerprint density at radius 3 is 2.43 bits per heavy atom. The van der Waals surface area contributed by atoms with Crippen LogP contribution in [-0.2, 0) is 4.79 Å². The van der Waals surface area contributed by atoms with Gasteiger partial charge >= 0.3 is 12.0 Å². The standard InChI is InChI=1S/C16H28N2O3/c1-15(2,13(19)20)16(3,4)18-14(21)17-11-10-12-8-6-5-7-9-12/h8H,5-7,9-11H2,1-4H3,(H,19,20)(H2,17,18,21). The maximum Gasteiger partial charge on any atom is 0.315 e. The fourth-order valence-electron chi connectivity index (χ4n) is 2.22. The SMILES string of the molecule is CC(C)(NC(=O)NCCC1=CCCCC1)C(C)(C)C(=O)O. The van der Waals surface area contributed by atoms with E-state index in [4.69, 9.17) is 0 Å². The zero-order valence-corrected chi connectivity index (χ0v) is 13.6. The van der Waals surface area contributed by atoms with E-state index < -0.39 is 16.9 Å². The van der Waals surface area contributed by atoms with Crippen LogP contribution in [-0.4, -0.2) is 29.2 Å². The molecule has 2 amide bonds. The van der Waals surface area contributed by atoms with Gasteiger partial charge in [-0.15, -0.1) is 0 Å². The number of urea groups is 1. The van der Waals surface area contributed by atoms with Crippen LogP contribution < -0.4 is 10.6 Å². The largest absolute Gasteiger partial charge is 0.481 e.